The van der Waals surface area contributed by atoms with Gasteiger partial charge in [-0.15, -0.1) is 11.3 Å². The number of hydrogen-bond acceptors (Lipinski definition) is 5. The van der Waals surface area contributed by atoms with Crippen LogP contribution in [0.25, 0.3) is 5.70 Å². The van der Waals surface area contributed by atoms with Crippen LogP contribution in [0.4, 0.5) is 0 Å². The Kier molecular flexibility index (Phi) is 7.39. The summed E-state index contributed by atoms with van der Waals surface area (Å²) >= 11 is 7.28. The summed E-state index contributed by atoms with van der Waals surface area (Å²) < 4.78 is 6.30. The van der Waals surface area contributed by atoms with Crippen LogP contribution in [-0.2, 0) is 4.79 Å². The van der Waals surface area contributed by atoms with Crippen molar-refractivity contribution in [1.29, 1.82) is 0 Å². The van der Waals surface area contributed by atoms with E-state index in [4.69, 9.17) is 16.3 Å². The summed E-state index contributed by atoms with van der Waals surface area (Å²) in [7, 11) is 0. The Labute approximate surface area is 185 Å². The Morgan fingerprint density at radius 1 is 1.13 bits per heavy atom. The number of carbonyl (C=O) groups is 2. The molecule has 2 amide bonds. The van der Waals surface area contributed by atoms with Crippen molar-refractivity contribution in [3.63, 3.8) is 0 Å². The number of hydrazine groups is 1. The van der Waals surface area contributed by atoms with Crippen molar-refractivity contribution < 1.29 is 14.3 Å². The van der Waals surface area contributed by atoms with Gasteiger partial charge in [-0.1, -0.05) is 18.2 Å². The minimum Gasteiger partial charge on any atom is -0.484 e. The monoisotopic (exact) mass is 447 g/mol. The second-order valence-corrected chi connectivity index (χ2v) is 9.12. The van der Waals surface area contributed by atoms with Crippen molar-refractivity contribution in [2.45, 2.75) is 45.2 Å². The molecule has 2 heterocycles. The molecule has 1 fully saturated rings. The molecule has 8 heteroatoms. The maximum absolute atomic E-state index is 12.5. The number of piperidine rings is 1. The molecular weight excluding hydrogens is 422 g/mol. The van der Waals surface area contributed by atoms with E-state index in [0.717, 1.165) is 24.1 Å². The third kappa shape index (κ3) is 5.55. The Hall–Kier alpha value is -2.51. The lowest BCUT2D eigenvalue weighted by Crippen LogP contribution is -2.49. The lowest BCUT2D eigenvalue weighted by molar-refractivity contribution is -0.139. The highest BCUT2D eigenvalue weighted by Gasteiger charge is 2.28. The van der Waals surface area contributed by atoms with Gasteiger partial charge in [0.1, 0.15) is 5.75 Å². The van der Waals surface area contributed by atoms with Crippen molar-refractivity contribution in [1.82, 2.24) is 15.8 Å². The number of nitrogens with zero attached hydrogens (tertiary/aromatic N) is 1. The van der Waals surface area contributed by atoms with Crippen LogP contribution in [0.2, 0.25) is 4.34 Å². The predicted octanol–water partition coefficient (Wildman–Crippen LogP) is 4.48. The van der Waals surface area contributed by atoms with Crippen LogP contribution in [0.3, 0.4) is 0 Å². The third-order valence-electron chi connectivity index (χ3n) is 5.16. The zero-order chi connectivity index (χ0) is 21.7. The molecule has 0 saturated carbocycles. The second kappa shape index (κ2) is 10.00. The molecule has 2 N–H and O–H groups in total. The average molecular weight is 448 g/mol. The molecule has 1 saturated heterocycles. The minimum atomic E-state index is -0.308. The van der Waals surface area contributed by atoms with Gasteiger partial charge in [-0.2, -0.15) is 0 Å². The molecule has 3 rings (SSSR count). The standard InChI is InChI=1S/C22H26ClN3O3S/c1-14-5-4-6-15(2)26(14)21(27)13-29-18-9-7-17(8-10-18)22(28)25-24-16(3)19-11-12-20(23)30-19/h7-12,14-15,24H,3-6,13H2,1-2H3,(H,25,28)/t14-,15+. The fourth-order valence-electron chi connectivity index (χ4n) is 3.58. The van der Waals surface area contributed by atoms with Crippen LogP contribution in [0, 0.1) is 0 Å². The largest absolute Gasteiger partial charge is 0.484 e. The molecule has 0 radical (unpaired) electrons. The van der Waals surface area contributed by atoms with Crippen molar-refractivity contribution in [2.75, 3.05) is 6.61 Å². The molecule has 0 spiro atoms. The van der Waals surface area contributed by atoms with Crippen LogP contribution in [0.15, 0.2) is 43.0 Å². The zero-order valence-electron chi connectivity index (χ0n) is 17.1. The van der Waals surface area contributed by atoms with Gasteiger partial charge in [0.15, 0.2) is 6.61 Å². The smallest absolute Gasteiger partial charge is 0.269 e. The Morgan fingerprint density at radius 2 is 1.80 bits per heavy atom. The summed E-state index contributed by atoms with van der Waals surface area (Å²) in [6.07, 6.45) is 3.21. The van der Waals surface area contributed by atoms with E-state index in [0.29, 0.717) is 21.3 Å². The molecule has 1 aliphatic heterocycles. The Bertz CT molecular complexity index is 903. The van der Waals surface area contributed by atoms with Gasteiger partial charge in [0.05, 0.1) is 14.9 Å². The van der Waals surface area contributed by atoms with E-state index < -0.39 is 0 Å². The first kappa shape index (κ1) is 22.2. The summed E-state index contributed by atoms with van der Waals surface area (Å²) in [5.41, 5.74) is 6.40. The number of rotatable bonds is 7. The summed E-state index contributed by atoms with van der Waals surface area (Å²) in [5, 5.41) is 0. The number of amides is 2. The normalized spacial score (nSPS) is 18.6. The molecule has 0 aliphatic carbocycles. The van der Waals surface area contributed by atoms with E-state index in [1.807, 2.05) is 11.0 Å². The zero-order valence-corrected chi connectivity index (χ0v) is 18.7. The van der Waals surface area contributed by atoms with Gasteiger partial charge < -0.3 is 9.64 Å². The molecule has 1 aliphatic rings. The molecule has 160 valence electrons. The van der Waals surface area contributed by atoms with Crippen molar-refractivity contribution in [2.24, 2.45) is 0 Å². The van der Waals surface area contributed by atoms with Gasteiger partial charge in [-0.3, -0.25) is 20.4 Å². The van der Waals surface area contributed by atoms with E-state index in [2.05, 4.69) is 31.3 Å². The summed E-state index contributed by atoms with van der Waals surface area (Å²) in [4.78, 5) is 27.6. The quantitative estimate of drug-likeness (QED) is 0.614. The minimum absolute atomic E-state index is 0.00656. The van der Waals surface area contributed by atoms with E-state index in [9.17, 15) is 9.59 Å². The first-order chi connectivity index (χ1) is 14.3. The van der Waals surface area contributed by atoms with Gasteiger partial charge in [-0.05, 0) is 69.5 Å². The lowest BCUT2D eigenvalue weighted by Gasteiger charge is -2.38. The van der Waals surface area contributed by atoms with Gasteiger partial charge in [0, 0.05) is 17.6 Å². The Balaban J connectivity index is 1.48. The van der Waals surface area contributed by atoms with Crippen LogP contribution in [0.5, 0.6) is 5.75 Å². The summed E-state index contributed by atoms with van der Waals surface area (Å²) in [6.45, 7) is 8.03. The molecular formula is C22H26ClN3O3S. The van der Waals surface area contributed by atoms with Crippen molar-refractivity contribution in [3.05, 3.63) is 57.8 Å². The highest BCUT2D eigenvalue weighted by molar-refractivity contribution is 7.17. The fraction of sp³-hybridized carbons (Fsp3) is 0.364. The van der Waals surface area contributed by atoms with Gasteiger partial charge in [-0.25, -0.2) is 0 Å². The highest BCUT2D eigenvalue weighted by Crippen LogP contribution is 2.25. The van der Waals surface area contributed by atoms with Crippen molar-refractivity contribution >= 4 is 40.4 Å². The highest BCUT2D eigenvalue weighted by atomic mass is 35.5. The Morgan fingerprint density at radius 3 is 2.40 bits per heavy atom. The SMILES string of the molecule is C=C(NNC(=O)c1ccc(OCC(=O)N2[C@H](C)CCC[C@@H]2C)cc1)c1ccc(Cl)s1. The van der Waals surface area contributed by atoms with E-state index in [-0.39, 0.29) is 30.5 Å². The number of likely N-dealkylation sites (tertiary alicyclic amines) is 1. The number of ether oxygens (including phenoxy) is 1. The predicted molar refractivity (Wildman–Crippen MR) is 121 cm³/mol. The topological polar surface area (TPSA) is 70.7 Å². The van der Waals surface area contributed by atoms with E-state index in [1.165, 1.54) is 11.3 Å². The third-order valence-corrected chi connectivity index (χ3v) is 6.45. The first-order valence-corrected chi connectivity index (χ1v) is 11.1. The summed E-state index contributed by atoms with van der Waals surface area (Å²) in [5.74, 6) is 0.230. The number of benzene rings is 1. The van der Waals surface area contributed by atoms with Crippen molar-refractivity contribution in [3.8, 4) is 5.75 Å². The summed E-state index contributed by atoms with van der Waals surface area (Å²) in [6, 6.07) is 10.7. The number of thiophene rings is 1. The van der Waals surface area contributed by atoms with E-state index in [1.54, 1.807) is 30.3 Å². The maximum atomic E-state index is 12.5. The van der Waals surface area contributed by atoms with E-state index >= 15 is 0 Å². The van der Waals surface area contributed by atoms with Crippen LogP contribution < -0.4 is 15.6 Å². The molecule has 0 unspecified atom stereocenters. The number of carbonyl (C=O) groups excluding carboxylic acids is 2. The van der Waals surface area contributed by atoms with Gasteiger partial charge >= 0.3 is 0 Å². The molecule has 0 bridgehead atoms. The molecule has 2 aromatic rings. The lowest BCUT2D eigenvalue weighted by atomic mass is 9.97. The number of halogens is 1. The molecule has 30 heavy (non-hydrogen) atoms. The molecule has 2 atom stereocenters. The molecule has 6 nitrogen and oxygen atoms in total. The average Bonchev–Trinajstić information content (AvgIpc) is 3.17. The second-order valence-electron chi connectivity index (χ2n) is 7.40. The first-order valence-electron chi connectivity index (χ1n) is 9.90. The van der Waals surface area contributed by atoms with Crippen LogP contribution in [0.1, 0.15) is 48.3 Å². The van der Waals surface area contributed by atoms with Crippen LogP contribution in [-0.4, -0.2) is 35.4 Å². The fourth-order valence-corrected chi connectivity index (χ4v) is 4.55. The molecule has 1 aromatic heterocycles. The van der Waals surface area contributed by atoms with Crippen LogP contribution >= 0.6 is 22.9 Å². The van der Waals surface area contributed by atoms with Gasteiger partial charge in [0.2, 0.25) is 0 Å². The maximum Gasteiger partial charge on any atom is 0.269 e. The van der Waals surface area contributed by atoms with Gasteiger partial charge in [0.25, 0.3) is 11.8 Å². The number of nitrogens with one attached hydrogen (secondary N) is 2. The molecule has 1 aromatic carbocycles. The number of hydrogen-bond donors (Lipinski definition) is 2.